The van der Waals surface area contributed by atoms with E-state index in [9.17, 15) is 0 Å². The number of imidazole rings is 1. The van der Waals surface area contributed by atoms with Gasteiger partial charge in [-0.25, -0.2) is 9.97 Å². The molecule has 1 aliphatic rings. The van der Waals surface area contributed by atoms with Gasteiger partial charge in [0.2, 0.25) is 5.95 Å². The molecule has 27 heavy (non-hydrogen) atoms. The van der Waals surface area contributed by atoms with Crippen LogP contribution < -0.4 is 9.80 Å². The fourth-order valence-electron chi connectivity index (χ4n) is 3.66. The quantitative estimate of drug-likeness (QED) is 0.711. The lowest BCUT2D eigenvalue weighted by molar-refractivity contribution is 0.380. The third kappa shape index (κ3) is 4.97. The lowest BCUT2D eigenvalue weighted by Gasteiger charge is -2.33. The van der Waals surface area contributed by atoms with E-state index in [4.69, 9.17) is 9.97 Å². The third-order valence-electron chi connectivity index (χ3n) is 5.32. The maximum absolute atomic E-state index is 4.78. The van der Waals surface area contributed by atoms with Gasteiger partial charge >= 0.3 is 0 Å². The first-order valence-corrected chi connectivity index (χ1v) is 10.0. The van der Waals surface area contributed by atoms with Crippen LogP contribution in [0.4, 0.5) is 11.8 Å². The summed E-state index contributed by atoms with van der Waals surface area (Å²) in [7, 11) is 6.31. The highest BCUT2D eigenvalue weighted by Gasteiger charge is 2.26. The van der Waals surface area contributed by atoms with Gasteiger partial charge in [-0.05, 0) is 52.9 Å². The van der Waals surface area contributed by atoms with Gasteiger partial charge in [-0.15, -0.1) is 0 Å². The van der Waals surface area contributed by atoms with Crippen LogP contribution in [0.2, 0.25) is 0 Å². The minimum Gasteiger partial charge on any atom is -0.360 e. The lowest BCUT2D eigenvalue weighted by Crippen LogP contribution is -2.36. The number of aromatic nitrogens is 4. The highest BCUT2D eigenvalue weighted by molar-refractivity contribution is 5.43. The van der Waals surface area contributed by atoms with Crippen LogP contribution in [-0.4, -0.2) is 71.7 Å². The van der Waals surface area contributed by atoms with E-state index >= 15 is 0 Å². The van der Waals surface area contributed by atoms with Gasteiger partial charge < -0.3 is 19.3 Å². The second-order valence-corrected chi connectivity index (χ2v) is 7.65. The van der Waals surface area contributed by atoms with Gasteiger partial charge in [0.05, 0.1) is 0 Å². The molecular weight excluding hydrogens is 338 g/mol. The predicted octanol–water partition coefficient (Wildman–Crippen LogP) is 2.46. The minimum atomic E-state index is 0.435. The van der Waals surface area contributed by atoms with Crippen LogP contribution in [0.15, 0.2) is 24.7 Å². The molecule has 0 saturated carbocycles. The average molecular weight is 372 g/mol. The molecule has 0 bridgehead atoms. The summed E-state index contributed by atoms with van der Waals surface area (Å²) in [6.07, 6.45) is 9.40. The number of anilines is 2. The van der Waals surface area contributed by atoms with Crippen LogP contribution in [-0.2, 0) is 6.54 Å². The molecule has 7 nitrogen and oxygen atoms in total. The zero-order chi connectivity index (χ0) is 19.2. The SMILES string of the molecule is CCN(C)c1ccnc(N2CCC[C@H](c3nccn3CCCN(C)C)C2)n1. The van der Waals surface area contributed by atoms with E-state index < -0.39 is 0 Å². The van der Waals surface area contributed by atoms with Crippen LogP contribution in [0.5, 0.6) is 0 Å². The molecule has 1 saturated heterocycles. The summed E-state index contributed by atoms with van der Waals surface area (Å²) >= 11 is 0. The fraction of sp³-hybridized carbons (Fsp3) is 0.650. The summed E-state index contributed by atoms with van der Waals surface area (Å²) in [4.78, 5) is 20.7. The monoisotopic (exact) mass is 371 g/mol. The van der Waals surface area contributed by atoms with Crippen molar-refractivity contribution in [2.45, 2.75) is 38.6 Å². The van der Waals surface area contributed by atoms with E-state index in [2.05, 4.69) is 58.5 Å². The summed E-state index contributed by atoms with van der Waals surface area (Å²) in [5.41, 5.74) is 0. The van der Waals surface area contributed by atoms with E-state index in [-0.39, 0.29) is 0 Å². The normalized spacial score (nSPS) is 17.5. The van der Waals surface area contributed by atoms with Crippen molar-refractivity contribution in [1.82, 2.24) is 24.4 Å². The first-order chi connectivity index (χ1) is 13.1. The Morgan fingerprint density at radius 2 is 2.04 bits per heavy atom. The number of rotatable bonds is 8. The van der Waals surface area contributed by atoms with Crippen molar-refractivity contribution in [1.29, 1.82) is 0 Å². The van der Waals surface area contributed by atoms with Crippen molar-refractivity contribution in [3.05, 3.63) is 30.5 Å². The zero-order valence-corrected chi connectivity index (χ0v) is 17.2. The molecule has 7 heteroatoms. The molecule has 1 atom stereocenters. The van der Waals surface area contributed by atoms with Crippen LogP contribution in [0.3, 0.4) is 0 Å². The molecule has 3 heterocycles. The number of hydrogen-bond donors (Lipinski definition) is 0. The highest BCUT2D eigenvalue weighted by atomic mass is 15.3. The molecule has 3 rings (SSSR count). The second kappa shape index (κ2) is 9.17. The van der Waals surface area contributed by atoms with E-state index in [0.29, 0.717) is 5.92 Å². The summed E-state index contributed by atoms with van der Waals surface area (Å²) in [6, 6.07) is 1.98. The maximum atomic E-state index is 4.78. The van der Waals surface area contributed by atoms with Crippen molar-refractivity contribution >= 4 is 11.8 Å². The second-order valence-electron chi connectivity index (χ2n) is 7.65. The van der Waals surface area contributed by atoms with Crippen molar-refractivity contribution in [2.24, 2.45) is 0 Å². The van der Waals surface area contributed by atoms with Crippen LogP contribution in [0, 0.1) is 0 Å². The minimum absolute atomic E-state index is 0.435. The van der Waals surface area contributed by atoms with Gasteiger partial charge in [0.25, 0.3) is 0 Å². The molecule has 0 radical (unpaired) electrons. The number of piperidine rings is 1. The van der Waals surface area contributed by atoms with Gasteiger partial charge in [-0.2, -0.15) is 4.98 Å². The number of aryl methyl sites for hydroxylation is 1. The standard InChI is InChI=1S/C20H33N7/c1-5-25(4)18-9-10-22-20(23-18)27-13-6-8-17(16-27)19-21-11-15-26(19)14-7-12-24(2)3/h9-11,15,17H,5-8,12-14,16H2,1-4H3/t17-/m0/s1. The lowest BCUT2D eigenvalue weighted by atomic mass is 9.97. The van der Waals surface area contributed by atoms with Gasteiger partial charge in [0, 0.05) is 57.7 Å². The van der Waals surface area contributed by atoms with Gasteiger partial charge in [0.15, 0.2) is 0 Å². The van der Waals surface area contributed by atoms with Gasteiger partial charge in [-0.3, -0.25) is 0 Å². The molecule has 0 unspecified atom stereocenters. The molecule has 0 spiro atoms. The largest absolute Gasteiger partial charge is 0.360 e. The Bertz CT molecular complexity index is 712. The predicted molar refractivity (Wildman–Crippen MR) is 111 cm³/mol. The van der Waals surface area contributed by atoms with Crippen LogP contribution in [0.25, 0.3) is 0 Å². The van der Waals surface area contributed by atoms with Gasteiger partial charge in [-0.1, -0.05) is 0 Å². The summed E-state index contributed by atoms with van der Waals surface area (Å²) in [6.45, 7) is 7.14. The number of hydrogen-bond acceptors (Lipinski definition) is 6. The maximum Gasteiger partial charge on any atom is 0.227 e. The smallest absolute Gasteiger partial charge is 0.227 e. The number of nitrogens with zero attached hydrogens (tertiary/aromatic N) is 7. The Kier molecular flexibility index (Phi) is 6.66. The van der Waals surface area contributed by atoms with Crippen molar-refractivity contribution < 1.29 is 0 Å². The van der Waals surface area contributed by atoms with E-state index in [1.54, 1.807) is 0 Å². The zero-order valence-electron chi connectivity index (χ0n) is 17.2. The molecule has 1 aliphatic heterocycles. The van der Waals surface area contributed by atoms with E-state index in [1.165, 1.54) is 12.2 Å². The Morgan fingerprint density at radius 3 is 2.81 bits per heavy atom. The Labute approximate surface area is 163 Å². The first-order valence-electron chi connectivity index (χ1n) is 10.0. The van der Waals surface area contributed by atoms with E-state index in [0.717, 1.165) is 57.3 Å². The summed E-state index contributed by atoms with van der Waals surface area (Å²) in [5, 5.41) is 0. The molecule has 148 valence electrons. The molecule has 2 aromatic rings. The molecular formula is C20H33N7. The Balaban J connectivity index is 1.69. The first kappa shape index (κ1) is 19.6. The topological polar surface area (TPSA) is 53.3 Å². The van der Waals surface area contributed by atoms with E-state index in [1.807, 2.05) is 18.5 Å². The molecule has 1 fully saturated rings. The summed E-state index contributed by atoms with van der Waals surface area (Å²) < 4.78 is 2.33. The van der Waals surface area contributed by atoms with Crippen LogP contribution >= 0.6 is 0 Å². The Hall–Kier alpha value is -2.15. The van der Waals surface area contributed by atoms with Gasteiger partial charge in [0.1, 0.15) is 11.6 Å². The average Bonchev–Trinajstić information content (AvgIpc) is 3.16. The fourth-order valence-corrected chi connectivity index (χ4v) is 3.66. The van der Waals surface area contributed by atoms with Crippen LogP contribution in [0.1, 0.15) is 37.9 Å². The molecule has 2 aromatic heterocycles. The van der Waals surface area contributed by atoms with Crippen molar-refractivity contribution in [2.75, 3.05) is 57.1 Å². The van der Waals surface area contributed by atoms with Crippen molar-refractivity contribution in [3.63, 3.8) is 0 Å². The molecule has 0 N–H and O–H groups in total. The van der Waals surface area contributed by atoms with Crippen molar-refractivity contribution in [3.8, 4) is 0 Å². The highest BCUT2D eigenvalue weighted by Crippen LogP contribution is 2.28. The molecule has 0 aromatic carbocycles. The third-order valence-corrected chi connectivity index (χ3v) is 5.32. The summed E-state index contributed by atoms with van der Waals surface area (Å²) in [5.74, 6) is 3.46. The molecule has 0 amide bonds. The molecule has 0 aliphatic carbocycles. The Morgan fingerprint density at radius 1 is 1.19 bits per heavy atom.